The Bertz CT molecular complexity index is 2710. The number of carbonyl (C=O) groups excluding carboxylic acids is 3. The van der Waals surface area contributed by atoms with Gasteiger partial charge in [0.05, 0.1) is 46.1 Å². The standard InChI is InChI=1S/C43H36F5N7O6S/c1-42(2)40(59)54(27-9-8-26(23-49)32(21-27)43(46,47)48)41(62)55(42)28-10-12-36(34(45)22-28)61-18-17-60-24-37(56)52-13-15-53(16-14-52)39(58)31-19-25(7-11-33(31)44)20-35-29-5-3-4-6-30(29)38(57)51-50-35/h3-12,19,21-22H,13-18,20,24H2,1-2H3,(H,51,57). The van der Waals surface area contributed by atoms with Crippen molar-refractivity contribution in [3.05, 3.63) is 129 Å². The summed E-state index contributed by atoms with van der Waals surface area (Å²) in [5.41, 5.74) is -2.65. The summed E-state index contributed by atoms with van der Waals surface area (Å²) < 4.78 is 82.3. The third kappa shape index (κ3) is 8.56. The molecule has 4 aromatic carbocycles. The Morgan fingerprint density at radius 3 is 2.27 bits per heavy atom. The Kier molecular flexibility index (Phi) is 12.1. The summed E-state index contributed by atoms with van der Waals surface area (Å²) in [4.78, 5) is 57.2. The van der Waals surface area contributed by atoms with Gasteiger partial charge in [-0.05, 0) is 80.2 Å². The van der Waals surface area contributed by atoms with Crippen LogP contribution in [0.1, 0.15) is 46.6 Å². The van der Waals surface area contributed by atoms with Gasteiger partial charge in [-0.3, -0.25) is 24.1 Å². The zero-order valence-corrected chi connectivity index (χ0v) is 33.9. The van der Waals surface area contributed by atoms with E-state index in [1.807, 2.05) is 0 Å². The van der Waals surface area contributed by atoms with Crippen molar-refractivity contribution in [2.45, 2.75) is 32.0 Å². The number of anilines is 2. The molecular formula is C43H36F5N7O6S. The number of hydrogen-bond donors (Lipinski definition) is 1. The monoisotopic (exact) mass is 873 g/mol. The van der Waals surface area contributed by atoms with Gasteiger partial charge in [-0.1, -0.05) is 24.3 Å². The van der Waals surface area contributed by atoms with Crippen LogP contribution in [-0.2, 0) is 26.9 Å². The molecule has 2 saturated heterocycles. The molecule has 13 nitrogen and oxygen atoms in total. The topological polar surface area (TPSA) is 152 Å². The van der Waals surface area contributed by atoms with Crippen molar-refractivity contribution in [2.24, 2.45) is 0 Å². The Hall–Kier alpha value is -6.78. The fourth-order valence-corrected chi connectivity index (χ4v) is 7.86. The van der Waals surface area contributed by atoms with Crippen LogP contribution in [0.15, 0.2) is 83.7 Å². The summed E-state index contributed by atoms with van der Waals surface area (Å²) in [7, 11) is 0. The summed E-state index contributed by atoms with van der Waals surface area (Å²) >= 11 is 5.51. The molecule has 0 radical (unpaired) electrons. The van der Waals surface area contributed by atoms with Gasteiger partial charge >= 0.3 is 6.18 Å². The summed E-state index contributed by atoms with van der Waals surface area (Å²) in [6, 6.07) is 19.3. The summed E-state index contributed by atoms with van der Waals surface area (Å²) in [5, 5.41) is 16.7. The smallest absolute Gasteiger partial charge is 0.417 e. The van der Waals surface area contributed by atoms with E-state index >= 15 is 4.39 Å². The largest absolute Gasteiger partial charge is 0.488 e. The van der Waals surface area contributed by atoms with Crippen LogP contribution in [0, 0.1) is 23.0 Å². The molecule has 7 rings (SSSR count). The van der Waals surface area contributed by atoms with Crippen molar-refractivity contribution in [2.75, 3.05) is 55.8 Å². The number of aromatic amines is 1. The number of aromatic nitrogens is 2. The lowest BCUT2D eigenvalue weighted by Crippen LogP contribution is -2.51. The molecule has 5 aromatic rings. The molecule has 1 aromatic heterocycles. The minimum absolute atomic E-state index is 0.0947. The first-order chi connectivity index (χ1) is 29.5. The average molecular weight is 874 g/mol. The number of benzene rings is 4. The molecule has 0 unspecified atom stereocenters. The molecule has 0 bridgehead atoms. The van der Waals surface area contributed by atoms with Gasteiger partial charge in [0.15, 0.2) is 16.7 Å². The van der Waals surface area contributed by atoms with Crippen LogP contribution in [0.5, 0.6) is 5.75 Å². The molecule has 2 aliphatic rings. The molecule has 320 valence electrons. The van der Waals surface area contributed by atoms with E-state index in [1.54, 1.807) is 30.3 Å². The SMILES string of the molecule is CC1(C)C(=O)N(c2ccc(C#N)c(C(F)(F)F)c2)C(=S)N1c1ccc(OCCOCC(=O)N2CCN(C(=O)c3cc(Cc4n[nH]c(=O)c5ccccc45)ccc3F)CC2)c(F)c1. The second kappa shape index (κ2) is 17.3. The van der Waals surface area contributed by atoms with Gasteiger partial charge in [0.2, 0.25) is 5.91 Å². The molecular weight excluding hydrogens is 838 g/mol. The molecule has 0 spiro atoms. The van der Waals surface area contributed by atoms with Crippen LogP contribution in [0.3, 0.4) is 0 Å². The molecule has 3 heterocycles. The number of nitrogens with zero attached hydrogens (tertiary/aromatic N) is 6. The Balaban J connectivity index is 0.887. The van der Waals surface area contributed by atoms with E-state index in [0.717, 1.165) is 17.0 Å². The minimum Gasteiger partial charge on any atom is -0.488 e. The Morgan fingerprint density at radius 2 is 1.58 bits per heavy atom. The van der Waals surface area contributed by atoms with Crippen LogP contribution in [0.25, 0.3) is 10.8 Å². The van der Waals surface area contributed by atoms with Crippen molar-refractivity contribution in [1.82, 2.24) is 20.0 Å². The van der Waals surface area contributed by atoms with Crippen LogP contribution in [0.2, 0.25) is 0 Å². The second-order valence-corrected chi connectivity index (χ2v) is 15.2. The van der Waals surface area contributed by atoms with Crippen molar-refractivity contribution in [3.63, 3.8) is 0 Å². The molecule has 62 heavy (non-hydrogen) atoms. The van der Waals surface area contributed by atoms with Gasteiger partial charge in [-0.2, -0.15) is 23.5 Å². The first kappa shape index (κ1) is 43.3. The van der Waals surface area contributed by atoms with E-state index in [9.17, 15) is 36.7 Å². The van der Waals surface area contributed by atoms with Crippen LogP contribution in [-0.4, -0.2) is 94.4 Å². The number of carbonyl (C=O) groups is 3. The number of rotatable bonds is 11. The number of H-pyrrole nitrogens is 1. The van der Waals surface area contributed by atoms with Gasteiger partial charge in [0, 0.05) is 49.7 Å². The third-order valence-electron chi connectivity index (χ3n) is 10.6. The normalized spacial score (nSPS) is 15.3. The fraction of sp³-hybridized carbons (Fsp3) is 0.279. The number of piperazine rings is 1. The lowest BCUT2D eigenvalue weighted by molar-refractivity contribution is -0.138. The molecule has 2 fully saturated rings. The fourth-order valence-electron chi connectivity index (χ4n) is 7.34. The summed E-state index contributed by atoms with van der Waals surface area (Å²) in [6.45, 7) is 3.07. The number of nitrogens with one attached hydrogen (secondary N) is 1. The van der Waals surface area contributed by atoms with Crippen LogP contribution in [0.4, 0.5) is 33.3 Å². The molecule has 19 heteroatoms. The van der Waals surface area contributed by atoms with Crippen molar-refractivity contribution < 1.29 is 45.8 Å². The van der Waals surface area contributed by atoms with Gasteiger partial charge < -0.3 is 24.2 Å². The van der Waals surface area contributed by atoms with E-state index < -0.39 is 46.3 Å². The quantitative estimate of drug-likeness (QED) is 0.0954. The number of thiocarbonyl (C=S) groups is 1. The number of hydrogen-bond acceptors (Lipinski definition) is 9. The maximum absolute atomic E-state index is 15.3. The number of ether oxygens (including phenoxy) is 2. The van der Waals surface area contributed by atoms with E-state index in [0.29, 0.717) is 28.1 Å². The number of amides is 3. The first-order valence-electron chi connectivity index (χ1n) is 19.1. The molecule has 0 atom stereocenters. The van der Waals surface area contributed by atoms with Gasteiger partial charge in [0.1, 0.15) is 24.6 Å². The zero-order chi connectivity index (χ0) is 44.5. The lowest BCUT2D eigenvalue weighted by atomic mass is 10.0. The predicted octanol–water partition coefficient (Wildman–Crippen LogP) is 5.98. The van der Waals surface area contributed by atoms with Gasteiger partial charge in [-0.25, -0.2) is 13.9 Å². The summed E-state index contributed by atoms with van der Waals surface area (Å²) in [6.07, 6.45) is -4.63. The Labute approximate surface area is 355 Å². The van der Waals surface area contributed by atoms with Crippen molar-refractivity contribution >= 4 is 57.2 Å². The highest BCUT2D eigenvalue weighted by molar-refractivity contribution is 7.81. The third-order valence-corrected chi connectivity index (χ3v) is 10.9. The first-order valence-corrected chi connectivity index (χ1v) is 19.5. The number of alkyl halides is 3. The molecule has 1 N–H and O–H groups in total. The van der Waals surface area contributed by atoms with Gasteiger partial charge in [-0.15, -0.1) is 0 Å². The minimum atomic E-state index is -4.87. The van der Waals surface area contributed by atoms with E-state index in [4.69, 9.17) is 27.0 Å². The van der Waals surface area contributed by atoms with Crippen LogP contribution < -0.4 is 20.1 Å². The number of nitriles is 1. The highest BCUT2D eigenvalue weighted by Gasteiger charge is 2.51. The highest BCUT2D eigenvalue weighted by Crippen LogP contribution is 2.40. The van der Waals surface area contributed by atoms with E-state index in [2.05, 4.69) is 10.2 Å². The zero-order valence-electron chi connectivity index (χ0n) is 33.1. The molecule has 0 aliphatic carbocycles. The lowest BCUT2D eigenvalue weighted by Gasteiger charge is -2.34. The summed E-state index contributed by atoms with van der Waals surface area (Å²) in [5.74, 6) is -3.27. The molecule has 0 saturated carbocycles. The maximum atomic E-state index is 15.3. The molecule has 3 amide bonds. The highest BCUT2D eigenvalue weighted by atomic mass is 32.1. The predicted molar refractivity (Wildman–Crippen MR) is 220 cm³/mol. The number of fused-ring (bicyclic) bond motifs is 1. The van der Waals surface area contributed by atoms with Crippen molar-refractivity contribution in [1.29, 1.82) is 5.26 Å². The van der Waals surface area contributed by atoms with E-state index in [-0.39, 0.29) is 91.7 Å². The van der Waals surface area contributed by atoms with Crippen molar-refractivity contribution in [3.8, 4) is 11.8 Å². The maximum Gasteiger partial charge on any atom is 0.417 e. The van der Waals surface area contributed by atoms with Gasteiger partial charge in [0.25, 0.3) is 17.4 Å². The van der Waals surface area contributed by atoms with E-state index in [1.165, 1.54) is 64.9 Å². The average Bonchev–Trinajstić information content (AvgIpc) is 3.43. The second-order valence-electron chi connectivity index (χ2n) is 14.9. The molecule has 2 aliphatic heterocycles. The number of halogens is 5. The Morgan fingerprint density at radius 1 is 0.887 bits per heavy atom. The van der Waals surface area contributed by atoms with Crippen LogP contribution >= 0.6 is 12.2 Å².